The second-order valence-corrected chi connectivity index (χ2v) is 20.7. The molecule has 2 fully saturated rings. The monoisotopic (exact) mass is 1250 g/mol. The maximum atomic E-state index is 12.6. The van der Waals surface area contributed by atoms with E-state index in [1.165, 1.54) is 31.4 Å². The van der Waals surface area contributed by atoms with Gasteiger partial charge in [-0.25, -0.2) is 23.4 Å². The zero-order valence-corrected chi connectivity index (χ0v) is 47.0. The van der Waals surface area contributed by atoms with Crippen molar-refractivity contribution >= 4 is 17.5 Å². The van der Waals surface area contributed by atoms with Crippen LogP contribution in [0.3, 0.4) is 0 Å². The first-order valence-corrected chi connectivity index (χ1v) is 23.8. The number of ether oxygens (including phenoxy) is 1. The summed E-state index contributed by atoms with van der Waals surface area (Å²) in [5.74, 6) is 0.00519. The smallest absolute Gasteiger partial charge is 0.329 e. The van der Waals surface area contributed by atoms with E-state index in [1.54, 1.807) is 50.3 Å². The molecule has 6 unspecified atom stereocenters. The predicted octanol–water partition coefficient (Wildman–Crippen LogP) is 8.44. The number of aliphatic hydroxyl groups excluding tert-OH is 6. The van der Waals surface area contributed by atoms with Crippen LogP contribution in [0.15, 0.2) is 61.3 Å². The van der Waals surface area contributed by atoms with Crippen LogP contribution in [-0.2, 0) is 61.3 Å². The number of ketones is 2. The molecule has 0 aromatic heterocycles. The third kappa shape index (κ3) is 22.6. The van der Waals surface area contributed by atoms with Gasteiger partial charge in [-0.1, -0.05) is 119 Å². The fourth-order valence-electron chi connectivity index (χ4n) is 9.18. The molecule has 0 bridgehead atoms. The van der Waals surface area contributed by atoms with Crippen molar-refractivity contribution in [2.24, 2.45) is 58.2 Å². The van der Waals surface area contributed by atoms with Crippen LogP contribution < -0.4 is 0 Å². The molecule has 1 heterocycles. The number of hydrogen-bond donors (Lipinski definition) is 6. The topological polar surface area (TPSA) is 182 Å². The maximum absolute atomic E-state index is 12.6. The largest absolute Gasteiger partial charge is 0.458 e. The van der Waals surface area contributed by atoms with Crippen LogP contribution in [0.5, 0.6) is 0 Å². The first-order valence-electron chi connectivity index (χ1n) is 23.8. The third-order valence-corrected chi connectivity index (χ3v) is 14.2. The van der Waals surface area contributed by atoms with Crippen molar-refractivity contribution in [3.05, 3.63) is 74.1 Å². The number of cyclic esters (lactones) is 1. The molecule has 1 aliphatic heterocycles. The first-order chi connectivity index (χ1) is 29.4. The number of hydrogen-bond acceptors (Lipinski definition) is 10. The zero-order valence-electron chi connectivity index (χ0n) is 41.1. The number of fused-ring (bicyclic) bond motifs is 1. The van der Waals surface area contributed by atoms with Gasteiger partial charge in [0.1, 0.15) is 11.9 Å². The van der Waals surface area contributed by atoms with Crippen LogP contribution in [0.1, 0.15) is 140 Å². The summed E-state index contributed by atoms with van der Waals surface area (Å²) in [4.78, 5) is 37.5. The molecule has 3 rings (SSSR count). The van der Waals surface area contributed by atoms with E-state index in [-0.39, 0.29) is 102 Å². The molecule has 372 valence electrons. The Morgan fingerprint density at radius 3 is 2.14 bits per heavy atom. The van der Waals surface area contributed by atoms with Crippen LogP contribution in [0.2, 0.25) is 0 Å². The van der Waals surface area contributed by atoms with E-state index >= 15 is 0 Å². The second-order valence-electron chi connectivity index (χ2n) is 20.7. The van der Waals surface area contributed by atoms with E-state index in [2.05, 4.69) is 27.4 Å². The molecule has 6 N–H and O–H groups in total. The number of esters is 1. The number of Topliss-reactive ketones (excluding diaryl/α,β-unsaturated/α-hetero) is 2. The molecule has 0 spiro atoms. The van der Waals surface area contributed by atoms with Gasteiger partial charge in [-0.15, -0.1) is 6.08 Å². The molecule has 0 radical (unpaired) electrons. The normalized spacial score (nSPS) is 39.4. The van der Waals surface area contributed by atoms with Crippen LogP contribution in [0, 0.1) is 71.0 Å². The quantitative estimate of drug-likeness (QED) is 0.0695. The van der Waals surface area contributed by atoms with Gasteiger partial charge in [0.25, 0.3) is 0 Å². The van der Waals surface area contributed by atoms with Gasteiger partial charge in [-0.3, -0.25) is 11.2 Å². The molecule has 16 atom stereocenters. The van der Waals surface area contributed by atoms with Crippen LogP contribution >= 0.6 is 0 Å². The summed E-state index contributed by atoms with van der Waals surface area (Å²) in [6.45, 7) is 23.3. The summed E-state index contributed by atoms with van der Waals surface area (Å²) in [5, 5.41) is 63.0. The Morgan fingerprint density at radius 1 is 0.831 bits per heavy atom. The Balaban J connectivity index is 0.00000129. The molecule has 0 saturated heterocycles. The standard InChI is InChI=1S/C31H49O6.C22H37O4.2W/c1-7-8-12-23(4)31-25(6)28(34)18-15-21(2)19-24(5)30(36)22(3)16-17-27(33)20-26(32)13-10-9-11-14-29(35)37-31;1-14-9-16-13-22(16,5)8-6-7-15(2)18(24)12-20(26)21(3,4)19(25)11-17(23)10-14;;/h7-14,16-17,21-28,30-34,36H,1,15,18-20H2,2-6H3;12,14-16,18-19,24-25H,6-11,13H2,1-5H3;;/q2*-1;;/b10-9+,12-8-,14-11-,17-16-;;;/t21?,22-,23-,24-,25-,26?,27+,28?,30-,31-;14?,15-,16?,18+,19-,22?;;/m00../s1. The third-order valence-electron chi connectivity index (χ3n) is 14.2. The predicted molar refractivity (Wildman–Crippen MR) is 252 cm³/mol. The Morgan fingerprint density at radius 2 is 1.49 bits per heavy atom. The molecular formula is C53H86O10W2-2. The maximum Gasteiger partial charge on any atom is 0.329 e. The summed E-state index contributed by atoms with van der Waals surface area (Å²) in [7, 11) is 0. The summed E-state index contributed by atoms with van der Waals surface area (Å²) < 4.78 is 5.77. The number of rotatable bonds is 3. The summed E-state index contributed by atoms with van der Waals surface area (Å²) in [6, 6.07) is 0. The van der Waals surface area contributed by atoms with E-state index in [9.17, 15) is 45.0 Å². The Kier molecular flexibility index (Phi) is 30.0. The van der Waals surface area contributed by atoms with E-state index < -0.39 is 54.1 Å². The van der Waals surface area contributed by atoms with Gasteiger partial charge in [-0.2, -0.15) is 0 Å². The van der Waals surface area contributed by atoms with Crippen molar-refractivity contribution in [1.82, 2.24) is 0 Å². The van der Waals surface area contributed by atoms with Crippen molar-refractivity contribution in [2.45, 2.75) is 183 Å². The molecular weight excluding hydrogens is 1160 g/mol. The van der Waals surface area contributed by atoms with Crippen molar-refractivity contribution in [3.8, 4) is 0 Å². The molecule has 2 saturated carbocycles. The van der Waals surface area contributed by atoms with Crippen LogP contribution in [-0.4, -0.2) is 90.9 Å². The van der Waals surface area contributed by atoms with Crippen LogP contribution in [0.25, 0.3) is 0 Å². The Hall–Kier alpha value is -1.61. The van der Waals surface area contributed by atoms with Gasteiger partial charge in [0.15, 0.2) is 0 Å². The first kappa shape index (κ1) is 63.4. The Labute approximate surface area is 421 Å². The molecule has 0 amide bonds. The minimum atomic E-state index is -1.06. The van der Waals surface area contributed by atoms with Gasteiger partial charge < -0.3 is 40.2 Å². The van der Waals surface area contributed by atoms with Gasteiger partial charge in [0.2, 0.25) is 0 Å². The van der Waals surface area contributed by atoms with Gasteiger partial charge >= 0.3 is 5.97 Å². The zero-order chi connectivity index (χ0) is 47.7. The average Bonchev–Trinajstić information content (AvgIpc) is 3.85. The molecule has 12 heteroatoms. The molecule has 3 aliphatic rings. The van der Waals surface area contributed by atoms with Crippen molar-refractivity contribution in [3.63, 3.8) is 0 Å². The summed E-state index contributed by atoms with van der Waals surface area (Å²) in [6.07, 6.45) is 20.6. The second kappa shape index (κ2) is 30.8. The summed E-state index contributed by atoms with van der Waals surface area (Å²) >= 11 is 0. The molecule has 2 aliphatic carbocycles. The van der Waals surface area contributed by atoms with E-state index in [0.29, 0.717) is 30.1 Å². The fraction of sp³-hybridized carbons (Fsp3) is 0.717. The van der Waals surface area contributed by atoms with E-state index in [4.69, 9.17) is 4.74 Å². The summed E-state index contributed by atoms with van der Waals surface area (Å²) in [5.41, 5.74) is -0.689. The van der Waals surface area contributed by atoms with Crippen molar-refractivity contribution in [1.29, 1.82) is 0 Å². The number of allylic oxidation sites excluding steroid dienone is 4. The minimum Gasteiger partial charge on any atom is -0.458 e. The van der Waals surface area contributed by atoms with E-state index in [0.717, 1.165) is 38.5 Å². The van der Waals surface area contributed by atoms with Gasteiger partial charge in [0.05, 0.1) is 24.4 Å². The average molecular weight is 1250 g/mol. The van der Waals surface area contributed by atoms with Crippen molar-refractivity contribution < 1.29 is 91.9 Å². The number of carbonyl (C=O) groups excluding carboxylic acids is 3. The van der Waals surface area contributed by atoms with E-state index in [1.807, 2.05) is 40.7 Å². The number of carbonyl (C=O) groups is 3. The minimum absolute atomic E-state index is 0. The number of aliphatic hydroxyl groups is 6. The molecule has 0 aromatic rings. The fourth-order valence-corrected chi connectivity index (χ4v) is 9.18. The van der Waals surface area contributed by atoms with Gasteiger partial charge in [-0.05, 0) is 86.1 Å². The molecule has 10 nitrogen and oxygen atoms in total. The van der Waals surface area contributed by atoms with Gasteiger partial charge in [0, 0.05) is 96.1 Å². The molecule has 0 aromatic carbocycles. The van der Waals surface area contributed by atoms with Crippen molar-refractivity contribution in [2.75, 3.05) is 0 Å². The molecule has 65 heavy (non-hydrogen) atoms. The van der Waals surface area contributed by atoms with Crippen LogP contribution in [0.4, 0.5) is 0 Å². The Bertz CT molecular complexity index is 1540. The SMILES string of the molecule is C=C/C=C\[C@H](C)[C@@H]1OC(=O)/C=C\C=C\[CH-]C(O)C[C@H](O)/C=C\[C@H](C)[C@H](O)[C@@H](C)CC(C)CCC(O)[C@@H]1C.CC1CC(=O)C[C@H](O)C(C)(C)C(=O)[CH-][C@@H](O)[C@@H](C)CCCC2(C)CC2C1.[W].[W].